The molecule has 12 aromatic rings. The molecule has 12 heterocycles. The summed E-state index contributed by atoms with van der Waals surface area (Å²) in [4.78, 5) is 89.3. The number of nitrogens with one attached hydrogen (secondary N) is 4. The van der Waals surface area contributed by atoms with Crippen LogP contribution in [0.5, 0.6) is 23.0 Å². The quantitative estimate of drug-likeness (QED) is 0.0185. The van der Waals surface area contributed by atoms with E-state index in [1.165, 1.54) is 32.4 Å². The van der Waals surface area contributed by atoms with Gasteiger partial charge in [0.05, 0.1) is 123 Å². The Bertz CT molecular complexity index is 5660. The summed E-state index contributed by atoms with van der Waals surface area (Å²) in [5.41, 5.74) is 28.3. The molecule has 0 saturated carbocycles. The summed E-state index contributed by atoms with van der Waals surface area (Å²) in [5, 5.41) is 0.446. The van der Waals surface area contributed by atoms with E-state index in [-0.39, 0.29) is 123 Å². The maximum atomic E-state index is 13.0. The van der Waals surface area contributed by atoms with Gasteiger partial charge in [0.15, 0.2) is 51.0 Å². The number of imidazole rings is 4. The lowest BCUT2D eigenvalue weighted by atomic mass is 10.0. The fourth-order valence-electron chi connectivity index (χ4n) is 12.7. The van der Waals surface area contributed by atoms with Crippen molar-refractivity contribution < 1.29 is 87.6 Å². The molecule has 0 radical (unpaired) electrons. The second-order valence-electron chi connectivity index (χ2n) is 26.8. The van der Waals surface area contributed by atoms with Crippen molar-refractivity contribution in [2.75, 3.05) is 116 Å². The molecule has 16 rings (SSSR count). The lowest BCUT2D eigenvalue weighted by molar-refractivity contribution is 0.0559. The summed E-state index contributed by atoms with van der Waals surface area (Å²) in [6, 6.07) is 24.0. The SMILES string of the molecule is COc1ccc(C2CCOP(=O)(COCCn3cnc4c(=O)[nH]c(N)nc43)O2)cc1C.COc1ccc(C2CCOP(=O)(COCCn3cnc4c(=O)[nH]c(N)nc43)O2)cc1C.COc1ccc(C2CCOP(=O)(COCCn3cnc4c(=O)[nH]c(N)nc43)O2)cc1Cl.Nc1nc2c(ncn2CCOCP2(=O)OCc3ccccc3O2)c(=O)[nH]1. The predicted molar refractivity (Wildman–Crippen MR) is 432 cm³/mol. The minimum absolute atomic E-state index is 0.00159. The standard InChI is InChI=1S/2C19H24N5O6P.C18H21ClN5O6P.C15H16N5O5P/c2*1-12-9-13(3-4-14(12)27-2)15-5-7-29-31(26,30-15)11-28-8-6-24-10-21-16-17(24)22-19(20)23-18(16)25;1-27-14-3-2-11(8-12(14)19)13-4-6-29-31(26,30-13)10-28-7-5-24-9-21-15-16(24)22-18(20)23-17(15)25;16-15-18-13-12(14(21)19-15)17-8-20(13)5-6-23-9-26(22)24-7-10-3-1-2-4-11(10)25-26/h2*3-4,9-10,15H,5-8,11H2,1-2H3,(H3,20,22,23,25);2-3,8-9,13H,4-7,10H2,1H3,(H3,20,22,23,25);1-4,8H,5-7,9H2,(H3,16,18,19,21). The summed E-state index contributed by atoms with van der Waals surface area (Å²) in [7, 11) is -8.85. The van der Waals surface area contributed by atoms with E-state index in [1.54, 1.807) is 56.8 Å². The molecule has 0 bridgehead atoms. The number of rotatable bonds is 26. The molecule has 4 aromatic carbocycles. The van der Waals surface area contributed by atoms with Gasteiger partial charge in [0.25, 0.3) is 22.2 Å². The van der Waals surface area contributed by atoms with Crippen LogP contribution in [0.2, 0.25) is 5.02 Å². The Balaban J connectivity index is 0.000000138. The van der Waals surface area contributed by atoms with Crippen LogP contribution in [0.25, 0.3) is 44.7 Å². The Labute approximate surface area is 680 Å². The van der Waals surface area contributed by atoms with E-state index >= 15 is 0 Å². The van der Waals surface area contributed by atoms with Crippen LogP contribution in [0.3, 0.4) is 0 Å². The summed E-state index contributed by atoms with van der Waals surface area (Å²) in [5.74, 6) is 2.69. The fourth-order valence-corrected chi connectivity index (χ4v) is 19.0. The molecule has 634 valence electrons. The summed E-state index contributed by atoms with van der Waals surface area (Å²) < 4.78 is 140. The van der Waals surface area contributed by atoms with Gasteiger partial charge in [-0.3, -0.25) is 70.9 Å². The van der Waals surface area contributed by atoms with Crippen molar-refractivity contribution in [3.05, 3.63) is 184 Å². The molecule has 0 spiro atoms. The average Bonchev–Trinajstić information content (AvgIpc) is 1.80. The normalized spacial score (nSPS) is 20.9. The number of aryl methyl sites for hydroxylation is 2. The molecule has 3 fully saturated rings. The van der Waals surface area contributed by atoms with E-state index in [4.69, 9.17) is 104 Å². The number of hydrogen-bond acceptors (Lipinski definition) is 35. The van der Waals surface area contributed by atoms with Crippen LogP contribution in [-0.4, -0.2) is 171 Å². The van der Waals surface area contributed by atoms with Crippen LogP contribution in [0.4, 0.5) is 23.8 Å². The number of para-hydroxylation sites is 1. The molecule has 48 heteroatoms. The number of methoxy groups -OCH3 is 3. The lowest BCUT2D eigenvalue weighted by Crippen LogP contribution is -2.17. The summed E-state index contributed by atoms with van der Waals surface area (Å²) in [6.07, 6.45) is 5.77. The second-order valence-corrected chi connectivity index (χ2v) is 35.0. The lowest BCUT2D eigenvalue weighted by Gasteiger charge is -2.30. The monoisotopic (exact) mass is 1740 g/mol. The van der Waals surface area contributed by atoms with Crippen LogP contribution in [0, 0.1) is 13.8 Å². The van der Waals surface area contributed by atoms with E-state index in [0.29, 0.717) is 97.8 Å². The number of aromatic nitrogens is 16. The van der Waals surface area contributed by atoms with Gasteiger partial charge in [0.2, 0.25) is 23.8 Å². The Morgan fingerprint density at radius 3 is 1.08 bits per heavy atom. The van der Waals surface area contributed by atoms with Crippen molar-refractivity contribution in [2.24, 2.45) is 0 Å². The number of H-pyrrole nitrogens is 4. The molecule has 119 heavy (non-hydrogen) atoms. The molecule has 12 N–H and O–H groups in total. The third-order valence-corrected chi connectivity index (χ3v) is 25.2. The molecule has 4 aliphatic heterocycles. The zero-order valence-corrected chi connectivity index (χ0v) is 69.0. The van der Waals surface area contributed by atoms with Crippen LogP contribution >= 0.6 is 42.0 Å². The van der Waals surface area contributed by atoms with E-state index < -0.39 is 58.7 Å². The minimum Gasteiger partial charge on any atom is -0.496 e. The molecule has 7 unspecified atom stereocenters. The number of aromatic amines is 4. The van der Waals surface area contributed by atoms with Gasteiger partial charge >= 0.3 is 30.4 Å². The van der Waals surface area contributed by atoms with Gasteiger partial charge in [-0.25, -0.2) is 24.5 Å². The van der Waals surface area contributed by atoms with Crippen LogP contribution < -0.4 is 63.9 Å². The number of benzene rings is 4. The molecule has 4 aliphatic rings. The smallest absolute Gasteiger partial charge is 0.405 e. The van der Waals surface area contributed by atoms with Crippen LogP contribution in [-0.2, 0) is 102 Å². The van der Waals surface area contributed by atoms with Crippen LogP contribution in [0.15, 0.2) is 123 Å². The number of ether oxygens (including phenoxy) is 7. The molecule has 43 nitrogen and oxygen atoms in total. The number of nitrogen functional groups attached to an aromatic ring is 4. The number of nitrogens with zero attached hydrogens (tertiary/aromatic N) is 12. The number of hydrogen-bond donors (Lipinski definition) is 8. The predicted octanol–water partition coefficient (Wildman–Crippen LogP) is 8.92. The molecule has 3 saturated heterocycles. The largest absolute Gasteiger partial charge is 0.496 e. The Hall–Kier alpha value is -10.6. The van der Waals surface area contributed by atoms with Crippen molar-refractivity contribution >= 4 is 110 Å². The molecule has 0 amide bonds. The van der Waals surface area contributed by atoms with Crippen molar-refractivity contribution in [3.8, 4) is 23.0 Å². The van der Waals surface area contributed by atoms with Crippen LogP contribution in [0.1, 0.15) is 71.0 Å². The number of fused-ring (bicyclic) bond motifs is 5. The topological polar surface area (TPSA) is 565 Å². The highest BCUT2D eigenvalue weighted by atomic mass is 35.5. The van der Waals surface area contributed by atoms with E-state index in [9.17, 15) is 37.4 Å². The van der Waals surface area contributed by atoms with Crippen molar-refractivity contribution in [3.63, 3.8) is 0 Å². The molecule has 8 aromatic heterocycles. The fraction of sp³-hybridized carbons (Fsp3) is 0.380. The first-order chi connectivity index (χ1) is 57.2. The highest BCUT2D eigenvalue weighted by Crippen LogP contribution is 2.59. The Kier molecular flexibility index (Phi) is 27.7. The highest BCUT2D eigenvalue weighted by molar-refractivity contribution is 7.54. The zero-order chi connectivity index (χ0) is 84.2. The zero-order valence-electron chi connectivity index (χ0n) is 64.7. The Morgan fingerprint density at radius 1 is 0.437 bits per heavy atom. The van der Waals surface area contributed by atoms with Gasteiger partial charge in [-0.2, -0.15) is 19.9 Å². The van der Waals surface area contributed by atoms with Crippen molar-refractivity contribution in [2.45, 2.75) is 84.2 Å². The maximum absolute atomic E-state index is 13.0. The van der Waals surface area contributed by atoms with Gasteiger partial charge in [0, 0.05) is 51.0 Å². The highest BCUT2D eigenvalue weighted by Gasteiger charge is 2.39. The minimum atomic E-state index is -3.45. The van der Waals surface area contributed by atoms with Crippen molar-refractivity contribution in [1.82, 2.24) is 78.1 Å². The van der Waals surface area contributed by atoms with Gasteiger partial charge in [-0.1, -0.05) is 48.0 Å². The summed E-state index contributed by atoms with van der Waals surface area (Å²) in [6.45, 7) is 7.14. The number of anilines is 4. The van der Waals surface area contributed by atoms with E-state index in [0.717, 1.165) is 44.9 Å². The maximum Gasteiger partial charge on any atom is 0.405 e. The third kappa shape index (κ3) is 21.4. The molecule has 0 aliphatic carbocycles. The molecular formula is C71H85ClN20O23P4. The van der Waals surface area contributed by atoms with Gasteiger partial charge in [-0.05, 0) is 84.1 Å². The van der Waals surface area contributed by atoms with E-state index in [2.05, 4.69) is 59.8 Å². The molecule has 7 atom stereocenters. The van der Waals surface area contributed by atoms with E-state index in [1.807, 2.05) is 68.4 Å². The first kappa shape index (κ1) is 86.3. The van der Waals surface area contributed by atoms with Gasteiger partial charge in [-0.15, -0.1) is 0 Å². The molecular weight excluding hydrogens is 1660 g/mol. The first-order valence-electron chi connectivity index (χ1n) is 36.7. The first-order valence-corrected chi connectivity index (χ1v) is 44.0. The van der Waals surface area contributed by atoms with Gasteiger partial charge in [0.1, 0.15) is 42.0 Å². The van der Waals surface area contributed by atoms with Crippen molar-refractivity contribution in [1.29, 1.82) is 0 Å². The average molecular weight is 1750 g/mol. The summed E-state index contributed by atoms with van der Waals surface area (Å²) >= 11 is 6.18. The number of nitrogens with two attached hydrogens (primary N) is 4. The van der Waals surface area contributed by atoms with Gasteiger partial charge < -0.3 is 92.5 Å². The number of halogens is 1. The second kappa shape index (κ2) is 38.2. The Morgan fingerprint density at radius 2 is 0.756 bits per heavy atom. The third-order valence-electron chi connectivity index (χ3n) is 18.5.